The first kappa shape index (κ1) is 15.0. The van der Waals surface area contributed by atoms with Crippen LogP contribution < -0.4 is 0 Å². The van der Waals surface area contributed by atoms with E-state index in [1.807, 2.05) is 30.3 Å². The molecule has 0 N–H and O–H groups in total. The Balaban J connectivity index is 2.12. The first-order valence-corrected chi connectivity index (χ1v) is 7.93. The van der Waals surface area contributed by atoms with Crippen LogP contribution in [0.2, 0.25) is 5.02 Å². The fraction of sp³-hybridized carbons (Fsp3) is 0.214. The quantitative estimate of drug-likeness (QED) is 0.853. The van der Waals surface area contributed by atoms with Crippen molar-refractivity contribution < 1.29 is 8.42 Å². The number of likely N-dealkylation sites (N-methyl/N-ethyl adjacent to an activating group) is 1. The van der Waals surface area contributed by atoms with Crippen molar-refractivity contribution >= 4 is 21.6 Å². The van der Waals surface area contributed by atoms with Crippen LogP contribution in [0.4, 0.5) is 0 Å². The summed E-state index contributed by atoms with van der Waals surface area (Å²) >= 11 is 5.92. The van der Waals surface area contributed by atoms with Crippen LogP contribution in [-0.4, -0.2) is 31.3 Å². The van der Waals surface area contributed by atoms with Gasteiger partial charge >= 0.3 is 0 Å². The maximum Gasteiger partial charge on any atom is 0.245 e. The van der Waals surface area contributed by atoms with Crippen molar-refractivity contribution in [3.05, 3.63) is 59.4 Å². The maximum absolute atomic E-state index is 12.4. The Bertz CT molecular complexity index is 675. The summed E-state index contributed by atoms with van der Waals surface area (Å²) in [5.74, 6) is 0. The lowest BCUT2D eigenvalue weighted by Gasteiger charge is -2.17. The van der Waals surface area contributed by atoms with Gasteiger partial charge in [-0.3, -0.25) is 4.98 Å². The standard InChI is InChI=1S/C14H15ClN2O2S/c1-17(10-8-12-5-3-2-4-6-12)20(18,19)14-11-16-9-7-13(14)15/h2-7,9,11H,8,10H2,1H3. The molecule has 0 aliphatic carbocycles. The van der Waals surface area contributed by atoms with Gasteiger partial charge in [0.25, 0.3) is 0 Å². The summed E-state index contributed by atoms with van der Waals surface area (Å²) in [4.78, 5) is 3.86. The summed E-state index contributed by atoms with van der Waals surface area (Å²) in [6, 6.07) is 11.2. The van der Waals surface area contributed by atoms with E-state index in [0.717, 1.165) is 5.56 Å². The van der Waals surface area contributed by atoms with Gasteiger partial charge in [-0.05, 0) is 18.1 Å². The predicted molar refractivity (Wildman–Crippen MR) is 79.2 cm³/mol. The highest BCUT2D eigenvalue weighted by atomic mass is 35.5. The van der Waals surface area contributed by atoms with Crippen LogP contribution in [0.3, 0.4) is 0 Å². The van der Waals surface area contributed by atoms with E-state index in [1.165, 1.54) is 22.8 Å². The van der Waals surface area contributed by atoms with Crippen LogP contribution in [0.25, 0.3) is 0 Å². The minimum atomic E-state index is -3.60. The molecule has 0 spiro atoms. The summed E-state index contributed by atoms with van der Waals surface area (Å²) in [6.45, 7) is 0.386. The number of pyridine rings is 1. The molecule has 106 valence electrons. The number of nitrogens with zero attached hydrogens (tertiary/aromatic N) is 2. The smallest absolute Gasteiger partial charge is 0.245 e. The molecule has 0 amide bonds. The average molecular weight is 311 g/mol. The molecule has 20 heavy (non-hydrogen) atoms. The molecule has 6 heteroatoms. The van der Waals surface area contributed by atoms with Gasteiger partial charge in [0.15, 0.2) is 0 Å². The third-order valence-corrected chi connectivity index (χ3v) is 5.31. The molecule has 0 unspecified atom stereocenters. The normalized spacial score (nSPS) is 11.8. The van der Waals surface area contributed by atoms with Crippen molar-refractivity contribution in [2.45, 2.75) is 11.3 Å². The van der Waals surface area contributed by atoms with E-state index in [1.54, 1.807) is 7.05 Å². The SMILES string of the molecule is CN(CCc1ccccc1)S(=O)(=O)c1cnccc1Cl. The van der Waals surface area contributed by atoms with Crippen molar-refractivity contribution in [1.29, 1.82) is 0 Å². The molecule has 4 nitrogen and oxygen atoms in total. The highest BCUT2D eigenvalue weighted by Crippen LogP contribution is 2.22. The second kappa shape index (κ2) is 6.35. The lowest BCUT2D eigenvalue weighted by molar-refractivity contribution is 0.472. The number of halogens is 1. The molecule has 0 aliphatic heterocycles. The van der Waals surface area contributed by atoms with Gasteiger partial charge in [0.2, 0.25) is 10.0 Å². The van der Waals surface area contributed by atoms with Gasteiger partial charge in [-0.15, -0.1) is 0 Å². The van der Waals surface area contributed by atoms with E-state index in [2.05, 4.69) is 4.98 Å². The second-order valence-electron chi connectivity index (χ2n) is 4.37. The Morgan fingerprint density at radius 2 is 1.90 bits per heavy atom. The number of benzene rings is 1. The summed E-state index contributed by atoms with van der Waals surface area (Å²) in [6.07, 6.45) is 3.39. The van der Waals surface area contributed by atoms with Crippen molar-refractivity contribution in [2.24, 2.45) is 0 Å². The van der Waals surface area contributed by atoms with E-state index < -0.39 is 10.0 Å². The highest BCUT2D eigenvalue weighted by molar-refractivity contribution is 7.89. The van der Waals surface area contributed by atoms with Crippen LogP contribution in [-0.2, 0) is 16.4 Å². The number of aromatic nitrogens is 1. The van der Waals surface area contributed by atoms with Gasteiger partial charge in [0.05, 0.1) is 5.02 Å². The third-order valence-electron chi connectivity index (χ3n) is 2.98. The monoisotopic (exact) mass is 310 g/mol. The molecule has 0 aliphatic rings. The molecule has 0 fully saturated rings. The Kier molecular flexibility index (Phi) is 4.75. The van der Waals surface area contributed by atoms with E-state index >= 15 is 0 Å². The first-order chi connectivity index (χ1) is 9.51. The van der Waals surface area contributed by atoms with Crippen LogP contribution in [0.15, 0.2) is 53.7 Å². The van der Waals surface area contributed by atoms with Crippen LogP contribution in [0, 0.1) is 0 Å². The van der Waals surface area contributed by atoms with Crippen LogP contribution in [0.5, 0.6) is 0 Å². The lowest BCUT2D eigenvalue weighted by atomic mass is 10.2. The predicted octanol–water partition coefficient (Wildman–Crippen LogP) is 2.60. The van der Waals surface area contributed by atoms with Crippen molar-refractivity contribution in [3.8, 4) is 0 Å². The third kappa shape index (κ3) is 3.36. The van der Waals surface area contributed by atoms with Gasteiger partial charge in [-0.25, -0.2) is 12.7 Å². The molecule has 1 aromatic carbocycles. The Morgan fingerprint density at radius 1 is 1.20 bits per heavy atom. The van der Waals surface area contributed by atoms with E-state index in [4.69, 9.17) is 11.6 Å². The fourth-order valence-corrected chi connectivity index (χ4v) is 3.35. The van der Waals surface area contributed by atoms with Crippen LogP contribution in [0.1, 0.15) is 5.56 Å². The Labute approximate surface area is 124 Å². The lowest BCUT2D eigenvalue weighted by Crippen LogP contribution is -2.29. The fourth-order valence-electron chi connectivity index (χ4n) is 1.77. The van der Waals surface area contributed by atoms with Gasteiger partial charge in [-0.2, -0.15) is 0 Å². The average Bonchev–Trinajstić information content (AvgIpc) is 2.46. The number of hydrogen-bond acceptors (Lipinski definition) is 3. The van der Waals surface area contributed by atoms with Gasteiger partial charge in [-0.1, -0.05) is 41.9 Å². The minimum Gasteiger partial charge on any atom is -0.263 e. The van der Waals surface area contributed by atoms with Gasteiger partial charge in [0, 0.05) is 26.0 Å². The number of rotatable bonds is 5. The zero-order valence-corrected chi connectivity index (χ0v) is 12.6. The highest BCUT2D eigenvalue weighted by Gasteiger charge is 2.23. The van der Waals surface area contributed by atoms with Crippen molar-refractivity contribution in [1.82, 2.24) is 9.29 Å². The maximum atomic E-state index is 12.4. The van der Waals surface area contributed by atoms with Crippen molar-refractivity contribution in [3.63, 3.8) is 0 Å². The second-order valence-corrected chi connectivity index (χ2v) is 6.79. The van der Waals surface area contributed by atoms with Gasteiger partial charge in [0.1, 0.15) is 4.90 Å². The molecule has 0 saturated heterocycles. The number of hydrogen-bond donors (Lipinski definition) is 0. The molecule has 2 aromatic rings. The topological polar surface area (TPSA) is 50.3 Å². The molecular weight excluding hydrogens is 296 g/mol. The zero-order valence-electron chi connectivity index (χ0n) is 11.0. The minimum absolute atomic E-state index is 0.0391. The van der Waals surface area contributed by atoms with Gasteiger partial charge < -0.3 is 0 Å². The Morgan fingerprint density at radius 3 is 2.55 bits per heavy atom. The van der Waals surface area contributed by atoms with Crippen LogP contribution >= 0.6 is 11.6 Å². The summed E-state index contributed by atoms with van der Waals surface area (Å²) in [5, 5.41) is 0.187. The van der Waals surface area contributed by atoms with E-state index in [0.29, 0.717) is 13.0 Å². The molecule has 0 atom stereocenters. The summed E-state index contributed by atoms with van der Waals surface area (Å²) < 4.78 is 26.0. The molecule has 0 radical (unpaired) electrons. The number of sulfonamides is 1. The van der Waals surface area contributed by atoms with E-state index in [-0.39, 0.29) is 9.92 Å². The molecule has 1 heterocycles. The molecular formula is C14H15ClN2O2S. The summed E-state index contributed by atoms with van der Waals surface area (Å²) in [7, 11) is -2.06. The molecule has 2 rings (SSSR count). The first-order valence-electron chi connectivity index (χ1n) is 6.11. The van der Waals surface area contributed by atoms with E-state index in [9.17, 15) is 8.42 Å². The zero-order chi connectivity index (χ0) is 14.6. The van der Waals surface area contributed by atoms with Crippen molar-refractivity contribution in [2.75, 3.05) is 13.6 Å². The molecule has 1 aromatic heterocycles. The largest absolute Gasteiger partial charge is 0.263 e. The molecule has 0 bridgehead atoms. The molecule has 0 saturated carbocycles. The Hall–Kier alpha value is -1.43. The summed E-state index contributed by atoms with van der Waals surface area (Å²) in [5.41, 5.74) is 1.09.